The number of aliphatic imine (C=N–C) groups is 1. The predicted octanol–water partition coefficient (Wildman–Crippen LogP) is 3.25. The van der Waals surface area contributed by atoms with E-state index >= 15 is 0 Å². The van der Waals surface area contributed by atoms with E-state index in [1.54, 1.807) is 19.3 Å². The fourth-order valence-electron chi connectivity index (χ4n) is 6.27. The highest BCUT2D eigenvalue weighted by atomic mass is 15.3. The summed E-state index contributed by atoms with van der Waals surface area (Å²) in [5.74, 6) is 4.60. The van der Waals surface area contributed by atoms with Crippen LogP contribution < -0.4 is 5.73 Å². The molecule has 4 aliphatic carbocycles. The Kier molecular flexibility index (Phi) is 3.24. The van der Waals surface area contributed by atoms with E-state index in [-0.39, 0.29) is 0 Å². The summed E-state index contributed by atoms with van der Waals surface area (Å²) in [7, 11) is 0. The van der Waals surface area contributed by atoms with Gasteiger partial charge in [0.05, 0.1) is 0 Å². The van der Waals surface area contributed by atoms with Crippen molar-refractivity contribution in [1.82, 2.24) is 4.90 Å². The first kappa shape index (κ1) is 13.9. The highest BCUT2D eigenvalue weighted by molar-refractivity contribution is 5.79. The molecule has 21 heavy (non-hydrogen) atoms. The highest BCUT2D eigenvalue weighted by Gasteiger charge is 2.50. The van der Waals surface area contributed by atoms with Gasteiger partial charge in [0.25, 0.3) is 0 Å². The van der Waals surface area contributed by atoms with Crippen molar-refractivity contribution in [3.63, 3.8) is 0 Å². The largest absolute Gasteiger partial charge is 0.370 e. The van der Waals surface area contributed by atoms with Crippen molar-refractivity contribution < 1.29 is 0 Å². The zero-order valence-corrected chi connectivity index (χ0v) is 13.7. The average Bonchev–Trinajstić information content (AvgIpc) is 2.41. The van der Waals surface area contributed by atoms with Gasteiger partial charge in [0.1, 0.15) is 0 Å². The van der Waals surface area contributed by atoms with E-state index in [1.807, 2.05) is 0 Å². The molecule has 0 amide bonds. The van der Waals surface area contributed by atoms with E-state index in [9.17, 15) is 0 Å². The third kappa shape index (κ3) is 2.37. The summed E-state index contributed by atoms with van der Waals surface area (Å²) in [6, 6.07) is 0.552. The Morgan fingerprint density at radius 2 is 1.67 bits per heavy atom. The molecule has 0 aromatic rings. The first-order chi connectivity index (χ1) is 10.0. The quantitative estimate of drug-likeness (QED) is 0.866. The second kappa shape index (κ2) is 4.89. The zero-order chi connectivity index (χ0) is 14.6. The lowest BCUT2D eigenvalue weighted by Crippen LogP contribution is -2.53. The standard InChI is InChI=1S/C18H31N3/c1-12-11-20-17(19)21(13(12)2)4-3-18-8-14-5-15(9-18)7-16(6-14)10-18/h12-16H,3-11H2,1-2H3,(H2,19,20). The van der Waals surface area contributed by atoms with Crippen molar-refractivity contribution in [2.24, 2.45) is 39.8 Å². The van der Waals surface area contributed by atoms with Gasteiger partial charge >= 0.3 is 0 Å². The Hall–Kier alpha value is -0.730. The smallest absolute Gasteiger partial charge is 0.191 e. The van der Waals surface area contributed by atoms with Crippen molar-refractivity contribution in [1.29, 1.82) is 0 Å². The molecule has 4 saturated carbocycles. The molecule has 5 rings (SSSR count). The maximum Gasteiger partial charge on any atom is 0.191 e. The van der Waals surface area contributed by atoms with Gasteiger partial charge in [0.2, 0.25) is 0 Å². The molecule has 5 aliphatic rings. The molecule has 4 fully saturated rings. The monoisotopic (exact) mass is 289 g/mol. The molecule has 0 spiro atoms. The molecule has 2 unspecified atom stereocenters. The van der Waals surface area contributed by atoms with Gasteiger partial charge in [-0.25, -0.2) is 0 Å². The third-order valence-electron chi connectivity index (χ3n) is 7.20. The number of guanidine groups is 1. The number of hydrogen-bond acceptors (Lipinski definition) is 3. The number of hydrogen-bond donors (Lipinski definition) is 1. The zero-order valence-electron chi connectivity index (χ0n) is 13.7. The van der Waals surface area contributed by atoms with E-state index in [0.717, 1.165) is 36.8 Å². The van der Waals surface area contributed by atoms with Crippen LogP contribution in [0.3, 0.4) is 0 Å². The van der Waals surface area contributed by atoms with Gasteiger partial charge in [-0.05, 0) is 81.0 Å². The minimum Gasteiger partial charge on any atom is -0.370 e. The third-order valence-corrected chi connectivity index (χ3v) is 7.20. The number of nitrogens with two attached hydrogens (primary N) is 1. The van der Waals surface area contributed by atoms with Crippen LogP contribution in [0.25, 0.3) is 0 Å². The Bertz CT molecular complexity index is 406. The van der Waals surface area contributed by atoms with Crippen molar-refractivity contribution in [2.75, 3.05) is 13.1 Å². The van der Waals surface area contributed by atoms with Gasteiger partial charge in [-0.3, -0.25) is 4.99 Å². The van der Waals surface area contributed by atoms with Crippen molar-refractivity contribution >= 4 is 5.96 Å². The second-order valence-electron chi connectivity index (χ2n) is 8.78. The minimum atomic E-state index is 0.552. The first-order valence-electron chi connectivity index (χ1n) is 9.11. The summed E-state index contributed by atoms with van der Waals surface area (Å²) < 4.78 is 0. The van der Waals surface area contributed by atoms with Crippen molar-refractivity contribution in [3.05, 3.63) is 0 Å². The first-order valence-corrected chi connectivity index (χ1v) is 9.11. The van der Waals surface area contributed by atoms with Crippen LogP contribution in [0.15, 0.2) is 4.99 Å². The molecule has 118 valence electrons. The van der Waals surface area contributed by atoms with Crippen LogP contribution in [0.5, 0.6) is 0 Å². The minimum absolute atomic E-state index is 0.552. The van der Waals surface area contributed by atoms with E-state index in [0.29, 0.717) is 17.4 Å². The van der Waals surface area contributed by atoms with Crippen LogP contribution in [0.4, 0.5) is 0 Å². The molecule has 3 heteroatoms. The summed E-state index contributed by atoms with van der Waals surface area (Å²) in [4.78, 5) is 6.92. The van der Waals surface area contributed by atoms with Gasteiger partial charge in [0, 0.05) is 19.1 Å². The van der Waals surface area contributed by atoms with Crippen LogP contribution in [0.1, 0.15) is 58.8 Å². The Labute approximate surface area is 129 Å². The lowest BCUT2D eigenvalue weighted by Gasteiger charge is -2.57. The maximum absolute atomic E-state index is 6.19. The molecule has 2 N–H and O–H groups in total. The summed E-state index contributed by atoms with van der Waals surface area (Å²) in [6.07, 6.45) is 10.5. The maximum atomic E-state index is 6.19. The molecule has 1 aliphatic heterocycles. The molecule has 1 heterocycles. The lowest BCUT2D eigenvalue weighted by atomic mass is 9.49. The number of nitrogens with zero attached hydrogens (tertiary/aromatic N) is 2. The average molecular weight is 289 g/mol. The van der Waals surface area contributed by atoms with Crippen LogP contribution in [-0.4, -0.2) is 30.0 Å². The molecule has 0 radical (unpaired) electrons. The second-order valence-corrected chi connectivity index (χ2v) is 8.78. The molecular weight excluding hydrogens is 258 g/mol. The molecule has 2 atom stereocenters. The summed E-state index contributed by atoms with van der Waals surface area (Å²) >= 11 is 0. The van der Waals surface area contributed by atoms with Gasteiger partial charge in [-0.15, -0.1) is 0 Å². The van der Waals surface area contributed by atoms with Gasteiger partial charge < -0.3 is 10.6 Å². The molecule has 3 nitrogen and oxygen atoms in total. The fraction of sp³-hybridized carbons (Fsp3) is 0.944. The summed E-state index contributed by atoms with van der Waals surface area (Å²) in [6.45, 7) is 6.66. The van der Waals surface area contributed by atoms with Crippen LogP contribution >= 0.6 is 0 Å². The Balaban J connectivity index is 1.45. The predicted molar refractivity (Wildman–Crippen MR) is 87.0 cm³/mol. The van der Waals surface area contributed by atoms with Crippen molar-refractivity contribution in [3.8, 4) is 0 Å². The van der Waals surface area contributed by atoms with Gasteiger partial charge in [-0.2, -0.15) is 0 Å². The van der Waals surface area contributed by atoms with Crippen LogP contribution in [-0.2, 0) is 0 Å². The molecule has 0 aromatic carbocycles. The number of rotatable bonds is 3. The Morgan fingerprint density at radius 1 is 1.10 bits per heavy atom. The topological polar surface area (TPSA) is 41.6 Å². The Morgan fingerprint density at radius 3 is 2.24 bits per heavy atom. The van der Waals surface area contributed by atoms with Gasteiger partial charge in [0.15, 0.2) is 5.96 Å². The molecule has 0 aromatic heterocycles. The molecule has 4 bridgehead atoms. The van der Waals surface area contributed by atoms with Crippen LogP contribution in [0.2, 0.25) is 0 Å². The van der Waals surface area contributed by atoms with E-state index in [2.05, 4.69) is 23.7 Å². The normalized spacial score (nSPS) is 48.6. The van der Waals surface area contributed by atoms with E-state index in [4.69, 9.17) is 5.73 Å². The molecule has 0 saturated heterocycles. The SMILES string of the molecule is CC1CN=C(N)N(CCC23CC4CC(CC(C4)C2)C3)C1C. The molecular formula is C18H31N3. The van der Waals surface area contributed by atoms with E-state index in [1.165, 1.54) is 25.7 Å². The fourth-order valence-corrected chi connectivity index (χ4v) is 6.27. The summed E-state index contributed by atoms with van der Waals surface area (Å²) in [5, 5.41) is 0. The van der Waals surface area contributed by atoms with Gasteiger partial charge in [-0.1, -0.05) is 6.92 Å². The lowest BCUT2D eigenvalue weighted by molar-refractivity contribution is -0.0603. The van der Waals surface area contributed by atoms with Crippen LogP contribution in [0, 0.1) is 29.1 Å². The summed E-state index contributed by atoms with van der Waals surface area (Å²) in [5.41, 5.74) is 6.85. The highest BCUT2D eigenvalue weighted by Crippen LogP contribution is 2.61. The van der Waals surface area contributed by atoms with E-state index < -0.39 is 0 Å². The van der Waals surface area contributed by atoms with Crippen molar-refractivity contribution in [2.45, 2.75) is 64.8 Å².